The highest BCUT2D eigenvalue weighted by Gasteiger charge is 2.34. The number of carbonyl (C=O) groups excluding carboxylic acids is 1. The van der Waals surface area contributed by atoms with Crippen molar-refractivity contribution in [2.45, 2.75) is 25.3 Å². The molecule has 1 aromatic carbocycles. The first kappa shape index (κ1) is 17.1. The third kappa shape index (κ3) is 3.91. The number of methoxy groups -OCH3 is 1. The van der Waals surface area contributed by atoms with Crippen LogP contribution in [0.2, 0.25) is 5.02 Å². The number of piperidine rings is 1. The van der Waals surface area contributed by atoms with Gasteiger partial charge in [0.05, 0.1) is 19.1 Å². The van der Waals surface area contributed by atoms with Gasteiger partial charge in [0.1, 0.15) is 11.8 Å². The average Bonchev–Trinajstić information content (AvgIpc) is 2.46. The topological polar surface area (TPSA) is 75.7 Å². The summed E-state index contributed by atoms with van der Waals surface area (Å²) >= 11 is 5.93. The minimum atomic E-state index is -3.42. The molecule has 1 atom stereocenters. The van der Waals surface area contributed by atoms with E-state index in [0.717, 1.165) is 19.1 Å². The Morgan fingerprint density at radius 2 is 2.14 bits per heavy atom. The zero-order valence-electron chi connectivity index (χ0n) is 12.5. The van der Waals surface area contributed by atoms with Gasteiger partial charge in [0.25, 0.3) is 0 Å². The van der Waals surface area contributed by atoms with Crippen molar-refractivity contribution in [1.82, 2.24) is 4.31 Å². The van der Waals surface area contributed by atoms with Crippen LogP contribution in [0.5, 0.6) is 5.75 Å². The van der Waals surface area contributed by atoms with Gasteiger partial charge in [-0.1, -0.05) is 18.0 Å². The van der Waals surface area contributed by atoms with Crippen LogP contribution < -0.4 is 10.1 Å². The van der Waals surface area contributed by atoms with Gasteiger partial charge < -0.3 is 10.1 Å². The van der Waals surface area contributed by atoms with Gasteiger partial charge in [-0.25, -0.2) is 8.42 Å². The standard InChI is InChI=1S/C14H19ClN2O4S/c1-21-13-7-6-10(15)9-11(13)16-14(18)12-5-3-4-8-17(12)22(2,19)20/h6-7,9,12H,3-5,8H2,1-2H3,(H,16,18). The summed E-state index contributed by atoms with van der Waals surface area (Å²) in [7, 11) is -1.93. The summed E-state index contributed by atoms with van der Waals surface area (Å²) in [6.45, 7) is 0.365. The number of nitrogens with zero attached hydrogens (tertiary/aromatic N) is 1. The molecule has 22 heavy (non-hydrogen) atoms. The first-order valence-electron chi connectivity index (χ1n) is 6.94. The zero-order valence-corrected chi connectivity index (χ0v) is 14.1. The number of rotatable bonds is 4. The van der Waals surface area contributed by atoms with Crippen molar-refractivity contribution in [3.8, 4) is 5.75 Å². The molecule has 0 saturated carbocycles. The average molecular weight is 347 g/mol. The molecule has 1 aliphatic rings. The summed E-state index contributed by atoms with van der Waals surface area (Å²) in [5.74, 6) is 0.102. The van der Waals surface area contributed by atoms with E-state index in [9.17, 15) is 13.2 Å². The fourth-order valence-corrected chi connectivity index (χ4v) is 3.85. The smallest absolute Gasteiger partial charge is 0.242 e. The predicted octanol–water partition coefficient (Wildman–Crippen LogP) is 2.10. The lowest BCUT2D eigenvalue weighted by atomic mass is 10.0. The number of hydrogen-bond acceptors (Lipinski definition) is 4. The Morgan fingerprint density at radius 1 is 1.41 bits per heavy atom. The Labute approximate surface area is 135 Å². The molecule has 0 aliphatic carbocycles. The van der Waals surface area contributed by atoms with E-state index in [-0.39, 0.29) is 5.91 Å². The molecule has 1 fully saturated rings. The molecule has 0 aromatic heterocycles. The summed E-state index contributed by atoms with van der Waals surface area (Å²) in [6.07, 6.45) is 3.20. The van der Waals surface area contributed by atoms with Gasteiger partial charge in [0.2, 0.25) is 15.9 Å². The van der Waals surface area contributed by atoms with Crippen LogP contribution in [0, 0.1) is 0 Å². The maximum atomic E-state index is 12.5. The number of amides is 1. The Bertz CT molecular complexity index is 663. The second-order valence-electron chi connectivity index (χ2n) is 5.22. The molecule has 1 aliphatic heterocycles. The number of hydrogen-bond donors (Lipinski definition) is 1. The molecule has 2 rings (SSSR count). The lowest BCUT2D eigenvalue weighted by molar-refractivity contribution is -0.120. The maximum absolute atomic E-state index is 12.5. The SMILES string of the molecule is COc1ccc(Cl)cc1NC(=O)C1CCCCN1S(C)(=O)=O. The molecule has 122 valence electrons. The summed E-state index contributed by atoms with van der Waals surface area (Å²) in [6, 6.07) is 4.17. The normalized spacial score (nSPS) is 19.7. The zero-order chi connectivity index (χ0) is 16.3. The van der Waals surface area contributed by atoms with E-state index in [1.807, 2.05) is 0 Å². The highest BCUT2D eigenvalue weighted by molar-refractivity contribution is 7.88. The second kappa shape index (κ2) is 6.85. The third-order valence-corrected chi connectivity index (χ3v) is 5.13. The van der Waals surface area contributed by atoms with E-state index in [1.54, 1.807) is 18.2 Å². The van der Waals surface area contributed by atoms with Crippen molar-refractivity contribution < 1.29 is 17.9 Å². The van der Waals surface area contributed by atoms with Gasteiger partial charge in [-0.3, -0.25) is 4.79 Å². The Morgan fingerprint density at radius 3 is 2.77 bits per heavy atom. The lowest BCUT2D eigenvalue weighted by Gasteiger charge is -2.32. The van der Waals surface area contributed by atoms with Gasteiger partial charge in [0.15, 0.2) is 0 Å². The van der Waals surface area contributed by atoms with E-state index >= 15 is 0 Å². The summed E-state index contributed by atoms with van der Waals surface area (Å²) in [5.41, 5.74) is 0.430. The van der Waals surface area contributed by atoms with Crippen molar-refractivity contribution in [2.24, 2.45) is 0 Å². The van der Waals surface area contributed by atoms with E-state index in [2.05, 4.69) is 5.32 Å². The molecule has 6 nitrogen and oxygen atoms in total. The number of benzene rings is 1. The van der Waals surface area contributed by atoms with Crippen LogP contribution in [0.25, 0.3) is 0 Å². The van der Waals surface area contributed by atoms with Crippen molar-refractivity contribution in [1.29, 1.82) is 0 Å². The largest absolute Gasteiger partial charge is 0.495 e. The van der Waals surface area contributed by atoms with Crippen LogP contribution in [0.1, 0.15) is 19.3 Å². The van der Waals surface area contributed by atoms with Crippen LogP contribution >= 0.6 is 11.6 Å². The highest BCUT2D eigenvalue weighted by atomic mass is 35.5. The van der Waals surface area contributed by atoms with Crippen molar-refractivity contribution in [3.05, 3.63) is 23.2 Å². The number of carbonyl (C=O) groups is 1. The summed E-state index contributed by atoms with van der Waals surface area (Å²) in [4.78, 5) is 12.5. The highest BCUT2D eigenvalue weighted by Crippen LogP contribution is 2.29. The van der Waals surface area contributed by atoms with Gasteiger partial charge in [0, 0.05) is 11.6 Å². The quantitative estimate of drug-likeness (QED) is 0.905. The van der Waals surface area contributed by atoms with Gasteiger partial charge in [-0.15, -0.1) is 0 Å². The minimum absolute atomic E-state index is 0.365. The van der Waals surface area contributed by atoms with Gasteiger partial charge >= 0.3 is 0 Å². The molecule has 1 saturated heterocycles. The molecule has 1 N–H and O–H groups in total. The van der Waals surface area contributed by atoms with Crippen LogP contribution in [-0.2, 0) is 14.8 Å². The number of nitrogens with one attached hydrogen (secondary N) is 1. The van der Waals surface area contributed by atoms with Gasteiger partial charge in [-0.2, -0.15) is 4.31 Å². The first-order valence-corrected chi connectivity index (χ1v) is 9.17. The molecule has 0 radical (unpaired) electrons. The minimum Gasteiger partial charge on any atom is -0.495 e. The molecule has 1 heterocycles. The first-order chi connectivity index (χ1) is 10.3. The fourth-order valence-electron chi connectivity index (χ4n) is 2.56. The third-order valence-electron chi connectivity index (χ3n) is 3.60. The number of sulfonamides is 1. The lowest BCUT2D eigenvalue weighted by Crippen LogP contribution is -2.49. The van der Waals surface area contributed by atoms with Gasteiger partial charge in [-0.05, 0) is 31.0 Å². The molecule has 1 unspecified atom stereocenters. The van der Waals surface area contributed by atoms with E-state index in [0.29, 0.717) is 29.4 Å². The van der Waals surface area contributed by atoms with Crippen LogP contribution in [0.15, 0.2) is 18.2 Å². The molecule has 0 bridgehead atoms. The molecule has 8 heteroatoms. The Hall–Kier alpha value is -1.31. The van der Waals surface area contributed by atoms with E-state index < -0.39 is 16.1 Å². The van der Waals surface area contributed by atoms with Crippen LogP contribution in [0.3, 0.4) is 0 Å². The van der Waals surface area contributed by atoms with E-state index in [4.69, 9.17) is 16.3 Å². The Balaban J connectivity index is 2.22. The number of ether oxygens (including phenoxy) is 1. The van der Waals surface area contributed by atoms with Crippen molar-refractivity contribution in [2.75, 3.05) is 25.2 Å². The molecular weight excluding hydrogens is 328 g/mol. The monoisotopic (exact) mass is 346 g/mol. The molecular formula is C14H19ClN2O4S. The Kier molecular flexibility index (Phi) is 5.31. The molecule has 1 aromatic rings. The molecule has 0 spiro atoms. The van der Waals surface area contributed by atoms with Crippen LogP contribution in [0.4, 0.5) is 5.69 Å². The predicted molar refractivity (Wildman–Crippen MR) is 85.8 cm³/mol. The second-order valence-corrected chi connectivity index (χ2v) is 7.59. The van der Waals surface area contributed by atoms with Crippen molar-refractivity contribution >= 4 is 33.2 Å². The van der Waals surface area contributed by atoms with Crippen LogP contribution in [-0.4, -0.2) is 44.6 Å². The number of halogens is 1. The number of anilines is 1. The summed E-state index contributed by atoms with van der Waals surface area (Å²) in [5, 5.41) is 3.18. The van der Waals surface area contributed by atoms with Crippen molar-refractivity contribution in [3.63, 3.8) is 0 Å². The fraction of sp³-hybridized carbons (Fsp3) is 0.500. The molecule has 1 amide bonds. The van der Waals surface area contributed by atoms with E-state index in [1.165, 1.54) is 11.4 Å². The maximum Gasteiger partial charge on any atom is 0.242 e. The summed E-state index contributed by atoms with van der Waals surface area (Å²) < 4.78 is 30.1.